The zero-order valence-electron chi connectivity index (χ0n) is 16.1. The van der Waals surface area contributed by atoms with Crippen LogP contribution in [0.2, 0.25) is 5.02 Å². The van der Waals surface area contributed by atoms with Gasteiger partial charge in [-0.05, 0) is 48.5 Å². The summed E-state index contributed by atoms with van der Waals surface area (Å²) in [7, 11) is 1.49. The van der Waals surface area contributed by atoms with Gasteiger partial charge in [-0.25, -0.2) is 13.9 Å². The standard InChI is InChI=1S/C20H15ClFN5O3S/c1-30-16-6-5-13(10-15(16)21)23-18(28)11-26-20(29)27-17(24-26)7-8-19(25-27)31-14-4-2-3-12(22)9-14/h2-10H,11H2,1H3,(H,23,28). The average molecular weight is 460 g/mol. The van der Waals surface area contributed by atoms with E-state index in [1.165, 1.54) is 31.0 Å². The number of ether oxygens (including phenoxy) is 1. The topological polar surface area (TPSA) is 90.5 Å². The van der Waals surface area contributed by atoms with Crippen molar-refractivity contribution in [2.75, 3.05) is 12.4 Å². The molecule has 0 fully saturated rings. The van der Waals surface area contributed by atoms with Crippen LogP contribution in [0.4, 0.5) is 10.1 Å². The molecule has 0 spiro atoms. The molecule has 4 rings (SSSR count). The number of halogens is 2. The molecule has 4 aromatic rings. The van der Waals surface area contributed by atoms with Crippen molar-refractivity contribution in [3.63, 3.8) is 0 Å². The SMILES string of the molecule is COc1ccc(NC(=O)Cn2nc3ccc(Sc4cccc(F)c4)nn3c2=O)cc1Cl. The third-order valence-corrected chi connectivity index (χ3v) is 5.38. The van der Waals surface area contributed by atoms with Crippen LogP contribution in [-0.2, 0) is 11.3 Å². The van der Waals surface area contributed by atoms with Gasteiger partial charge in [-0.15, -0.1) is 5.10 Å². The molecule has 8 nitrogen and oxygen atoms in total. The Kier molecular flexibility index (Phi) is 5.92. The normalized spacial score (nSPS) is 10.9. The molecule has 2 aromatic heterocycles. The van der Waals surface area contributed by atoms with Gasteiger partial charge >= 0.3 is 5.69 Å². The lowest BCUT2D eigenvalue weighted by Gasteiger charge is -2.07. The van der Waals surface area contributed by atoms with Crippen LogP contribution in [0, 0.1) is 5.82 Å². The van der Waals surface area contributed by atoms with E-state index in [1.807, 2.05) is 0 Å². The van der Waals surface area contributed by atoms with Crippen molar-refractivity contribution in [1.82, 2.24) is 19.4 Å². The summed E-state index contributed by atoms with van der Waals surface area (Å²) >= 11 is 7.26. The summed E-state index contributed by atoms with van der Waals surface area (Å²) in [5.74, 6) is -0.337. The second-order valence-corrected chi connectivity index (χ2v) is 7.84. The highest BCUT2D eigenvalue weighted by molar-refractivity contribution is 7.99. The molecule has 1 N–H and O–H groups in total. The number of hydrogen-bond acceptors (Lipinski definition) is 6. The van der Waals surface area contributed by atoms with E-state index in [1.54, 1.807) is 42.5 Å². The number of benzene rings is 2. The van der Waals surface area contributed by atoms with Crippen LogP contribution in [0.1, 0.15) is 0 Å². The fourth-order valence-electron chi connectivity index (χ4n) is 2.78. The highest BCUT2D eigenvalue weighted by Crippen LogP contribution is 2.27. The zero-order chi connectivity index (χ0) is 22.0. The molecule has 2 heterocycles. The number of carbonyl (C=O) groups is 1. The third-order valence-electron chi connectivity index (χ3n) is 4.16. The van der Waals surface area contributed by atoms with Gasteiger partial charge in [0.2, 0.25) is 5.91 Å². The maximum atomic E-state index is 13.4. The summed E-state index contributed by atoms with van der Waals surface area (Å²) in [5, 5.41) is 11.9. The lowest BCUT2D eigenvalue weighted by Crippen LogP contribution is -2.28. The fraction of sp³-hybridized carbons (Fsp3) is 0.100. The van der Waals surface area contributed by atoms with Crippen molar-refractivity contribution in [2.45, 2.75) is 16.5 Å². The first-order valence-electron chi connectivity index (χ1n) is 8.96. The summed E-state index contributed by atoms with van der Waals surface area (Å²) in [6.07, 6.45) is 0. The molecule has 0 aliphatic rings. The number of methoxy groups -OCH3 is 1. The van der Waals surface area contributed by atoms with Crippen LogP contribution in [0.25, 0.3) is 5.65 Å². The minimum Gasteiger partial charge on any atom is -0.495 e. The lowest BCUT2D eigenvalue weighted by molar-refractivity contribution is -0.117. The van der Waals surface area contributed by atoms with Crippen molar-refractivity contribution < 1.29 is 13.9 Å². The molecule has 2 aromatic carbocycles. The molecule has 1 amide bonds. The number of hydrogen-bond donors (Lipinski definition) is 1. The van der Waals surface area contributed by atoms with Gasteiger partial charge in [0, 0.05) is 10.6 Å². The predicted octanol–water partition coefficient (Wildman–Crippen LogP) is 3.48. The Bertz CT molecular complexity index is 1340. The van der Waals surface area contributed by atoms with E-state index in [9.17, 15) is 14.0 Å². The Morgan fingerprint density at radius 3 is 2.77 bits per heavy atom. The number of fused-ring (bicyclic) bond motifs is 1. The summed E-state index contributed by atoms with van der Waals surface area (Å²) in [6, 6.07) is 14.1. The first-order valence-corrected chi connectivity index (χ1v) is 10.2. The van der Waals surface area contributed by atoms with Gasteiger partial charge in [0.05, 0.1) is 12.1 Å². The molecule has 0 bridgehead atoms. The minimum absolute atomic E-state index is 0.286. The van der Waals surface area contributed by atoms with E-state index in [0.29, 0.717) is 26.4 Å². The summed E-state index contributed by atoms with van der Waals surface area (Å²) in [4.78, 5) is 25.6. The van der Waals surface area contributed by atoms with Crippen molar-refractivity contribution in [1.29, 1.82) is 0 Å². The molecule has 0 aliphatic heterocycles. The van der Waals surface area contributed by atoms with E-state index < -0.39 is 11.6 Å². The maximum Gasteiger partial charge on any atom is 0.367 e. The molecular formula is C20H15ClFN5O3S. The zero-order valence-corrected chi connectivity index (χ0v) is 17.7. The van der Waals surface area contributed by atoms with E-state index in [0.717, 1.165) is 9.20 Å². The van der Waals surface area contributed by atoms with Gasteiger partial charge in [-0.1, -0.05) is 29.4 Å². The first kappa shape index (κ1) is 20.9. The number of nitrogens with one attached hydrogen (secondary N) is 1. The highest BCUT2D eigenvalue weighted by Gasteiger charge is 2.13. The van der Waals surface area contributed by atoms with Crippen LogP contribution < -0.4 is 15.7 Å². The van der Waals surface area contributed by atoms with Gasteiger partial charge < -0.3 is 10.1 Å². The summed E-state index contributed by atoms with van der Waals surface area (Å²) < 4.78 is 20.6. The maximum absolute atomic E-state index is 13.4. The summed E-state index contributed by atoms with van der Waals surface area (Å²) in [5.41, 5.74) is 0.174. The molecule has 0 saturated heterocycles. The molecule has 158 valence electrons. The second kappa shape index (κ2) is 8.78. The van der Waals surface area contributed by atoms with Crippen LogP contribution in [0.3, 0.4) is 0 Å². The van der Waals surface area contributed by atoms with Crippen LogP contribution in [0.15, 0.2) is 69.3 Å². The number of amides is 1. The molecule has 31 heavy (non-hydrogen) atoms. The van der Waals surface area contributed by atoms with Gasteiger partial charge in [0.1, 0.15) is 23.1 Å². The minimum atomic E-state index is -0.570. The molecule has 0 saturated carbocycles. The highest BCUT2D eigenvalue weighted by atomic mass is 35.5. The van der Waals surface area contributed by atoms with Gasteiger partial charge in [0.15, 0.2) is 5.65 Å². The van der Waals surface area contributed by atoms with Crippen LogP contribution in [0.5, 0.6) is 5.75 Å². The number of nitrogens with zero attached hydrogens (tertiary/aromatic N) is 4. The molecule has 11 heteroatoms. The summed E-state index contributed by atoms with van der Waals surface area (Å²) in [6.45, 7) is -0.307. The van der Waals surface area contributed by atoms with Crippen LogP contribution in [-0.4, -0.2) is 32.4 Å². The quantitative estimate of drug-likeness (QED) is 0.474. The van der Waals surface area contributed by atoms with E-state index in [2.05, 4.69) is 15.5 Å². The van der Waals surface area contributed by atoms with Gasteiger partial charge in [0.25, 0.3) is 0 Å². The van der Waals surface area contributed by atoms with Crippen molar-refractivity contribution in [3.05, 3.63) is 75.9 Å². The first-order chi connectivity index (χ1) is 14.9. The van der Waals surface area contributed by atoms with Gasteiger partial charge in [-0.3, -0.25) is 4.79 Å². The Balaban J connectivity index is 1.51. The third kappa shape index (κ3) is 4.70. The number of carbonyl (C=O) groups excluding carboxylic acids is 1. The van der Waals surface area contributed by atoms with Crippen LogP contribution >= 0.6 is 23.4 Å². The average Bonchev–Trinajstić information content (AvgIpc) is 3.03. The van der Waals surface area contributed by atoms with E-state index in [-0.39, 0.29) is 18.0 Å². The van der Waals surface area contributed by atoms with Crippen molar-refractivity contribution in [3.8, 4) is 5.75 Å². The smallest absolute Gasteiger partial charge is 0.367 e. The Morgan fingerprint density at radius 2 is 2.03 bits per heavy atom. The van der Waals surface area contributed by atoms with E-state index in [4.69, 9.17) is 16.3 Å². The lowest BCUT2D eigenvalue weighted by atomic mass is 10.3. The van der Waals surface area contributed by atoms with Gasteiger partial charge in [-0.2, -0.15) is 9.61 Å². The molecule has 0 atom stereocenters. The molecular weight excluding hydrogens is 445 g/mol. The Hall–Kier alpha value is -3.37. The Morgan fingerprint density at radius 1 is 1.19 bits per heavy atom. The van der Waals surface area contributed by atoms with E-state index >= 15 is 0 Å². The largest absolute Gasteiger partial charge is 0.495 e. The molecule has 0 unspecified atom stereocenters. The number of rotatable bonds is 6. The monoisotopic (exact) mass is 459 g/mol. The molecule has 0 radical (unpaired) electrons. The Labute approximate surface area is 184 Å². The van der Waals surface area contributed by atoms with Crippen molar-refractivity contribution >= 4 is 40.6 Å². The van der Waals surface area contributed by atoms with Crippen molar-refractivity contribution in [2.24, 2.45) is 0 Å². The predicted molar refractivity (Wildman–Crippen MR) is 114 cm³/mol. The fourth-order valence-corrected chi connectivity index (χ4v) is 3.86. The number of anilines is 1. The second-order valence-electron chi connectivity index (χ2n) is 6.34. The molecule has 0 aliphatic carbocycles. The number of aromatic nitrogens is 4.